The number of allylic oxidation sites excluding steroid dienone is 2. The summed E-state index contributed by atoms with van der Waals surface area (Å²) in [7, 11) is 0. The van der Waals surface area contributed by atoms with Gasteiger partial charge in [-0.05, 0) is 24.5 Å². The Bertz CT molecular complexity index is 1300. The lowest BCUT2D eigenvalue weighted by Crippen LogP contribution is -2.51. The average Bonchev–Trinajstić information content (AvgIpc) is 3.19. The molecule has 3 aliphatic carbocycles. The van der Waals surface area contributed by atoms with E-state index in [1.807, 2.05) is 0 Å². The first-order chi connectivity index (χ1) is 17.0. The molecule has 0 unspecified atom stereocenters. The molecule has 3 aliphatic rings. The summed E-state index contributed by atoms with van der Waals surface area (Å²) in [5.74, 6) is -5.60. The molecule has 1 aromatic carbocycles. The number of rotatable bonds is 7. The number of hydrogen-bond donors (Lipinski definition) is 4. The highest BCUT2D eigenvalue weighted by Gasteiger charge is 2.56. The number of nitrogens with one attached hydrogen (secondary N) is 1. The number of ketones is 3. The van der Waals surface area contributed by atoms with Gasteiger partial charge in [0.05, 0.1) is 18.3 Å². The van der Waals surface area contributed by atoms with Crippen LogP contribution < -0.4 is 5.32 Å². The number of aliphatic hydroxyl groups excluding tert-OH is 1. The number of carboxylic acids is 2. The Balaban J connectivity index is 1.88. The van der Waals surface area contributed by atoms with Gasteiger partial charge in [0.2, 0.25) is 5.78 Å². The van der Waals surface area contributed by atoms with Crippen LogP contribution in [0, 0.1) is 0 Å². The number of Topliss-reactive ketones (excluding diaryl/α,β-unsaturated/α-hetero) is 3. The first-order valence-corrected chi connectivity index (χ1v) is 11.2. The highest BCUT2D eigenvalue weighted by atomic mass is 16.5. The molecule has 1 saturated carbocycles. The van der Waals surface area contributed by atoms with Gasteiger partial charge in [-0.2, -0.15) is 0 Å². The van der Waals surface area contributed by atoms with Gasteiger partial charge in [0.1, 0.15) is 12.6 Å². The van der Waals surface area contributed by atoms with E-state index in [2.05, 4.69) is 5.32 Å². The molecule has 0 aromatic heterocycles. The smallest absolute Gasteiger partial charge is 0.322 e. The molecule has 0 bridgehead atoms. The van der Waals surface area contributed by atoms with Crippen molar-refractivity contribution in [1.29, 1.82) is 0 Å². The maximum atomic E-state index is 13.4. The number of hydrogen-bond acceptors (Lipinski definition) is 9. The molecule has 1 fully saturated rings. The van der Waals surface area contributed by atoms with Crippen molar-refractivity contribution in [3.05, 3.63) is 57.5 Å². The van der Waals surface area contributed by atoms with Gasteiger partial charge in [-0.15, -0.1) is 0 Å². The second-order valence-corrected chi connectivity index (χ2v) is 9.02. The minimum atomic E-state index is -1.43. The zero-order valence-electron chi connectivity index (χ0n) is 19.3. The first kappa shape index (κ1) is 24.8. The molecule has 0 aliphatic heterocycles. The van der Waals surface area contributed by atoms with Crippen molar-refractivity contribution in [1.82, 2.24) is 5.32 Å². The van der Waals surface area contributed by atoms with Crippen molar-refractivity contribution < 1.29 is 48.8 Å². The summed E-state index contributed by atoms with van der Waals surface area (Å²) in [5.41, 5.74) is -0.404. The number of carbonyl (C=O) groups excluding carboxylic acids is 4. The minimum Gasteiger partial charge on any atom is -0.504 e. The summed E-state index contributed by atoms with van der Waals surface area (Å²) in [6, 6.07) is 3.10. The van der Waals surface area contributed by atoms with Crippen molar-refractivity contribution in [3.63, 3.8) is 0 Å². The number of aliphatic hydroxyl groups is 1. The molecule has 4 rings (SSSR count). The number of carbonyl (C=O) groups is 6. The Kier molecular flexibility index (Phi) is 6.25. The van der Waals surface area contributed by atoms with Gasteiger partial charge in [-0.25, -0.2) is 0 Å². The number of carboxylic acid groups (broad SMARTS) is 2. The SMILES string of the molecule is C[C@]12C(=C(O)C(=O)c3c1ccc1c3CCC1=O)/C(=C/NCC(=O)O)C(=O)C[C@H]2OC(=O)CCC(=O)O. The number of aliphatic carboxylic acids is 2. The fourth-order valence-electron chi connectivity index (χ4n) is 5.19. The third kappa shape index (κ3) is 3.96. The Morgan fingerprint density at radius 3 is 2.47 bits per heavy atom. The van der Waals surface area contributed by atoms with Crippen LogP contribution >= 0.6 is 0 Å². The summed E-state index contributed by atoms with van der Waals surface area (Å²) in [4.78, 5) is 73.1. The van der Waals surface area contributed by atoms with Crippen molar-refractivity contribution in [2.24, 2.45) is 0 Å². The van der Waals surface area contributed by atoms with Crippen LogP contribution in [-0.2, 0) is 35.8 Å². The van der Waals surface area contributed by atoms with Crippen LogP contribution in [0.5, 0.6) is 0 Å². The van der Waals surface area contributed by atoms with Crippen molar-refractivity contribution in [2.75, 3.05) is 6.54 Å². The fraction of sp³-hybridized carbons (Fsp3) is 0.360. The fourth-order valence-corrected chi connectivity index (χ4v) is 5.19. The first-order valence-electron chi connectivity index (χ1n) is 11.2. The molecule has 11 heteroatoms. The van der Waals surface area contributed by atoms with Crippen molar-refractivity contribution in [2.45, 2.75) is 50.5 Å². The average molecular weight is 497 g/mol. The van der Waals surface area contributed by atoms with Crippen LogP contribution in [0.2, 0.25) is 0 Å². The third-order valence-electron chi connectivity index (χ3n) is 6.87. The molecule has 0 saturated heterocycles. The Morgan fingerprint density at radius 2 is 1.81 bits per heavy atom. The molecule has 1 aromatic rings. The molecule has 0 spiro atoms. The highest BCUT2D eigenvalue weighted by molar-refractivity contribution is 6.17. The maximum absolute atomic E-state index is 13.4. The van der Waals surface area contributed by atoms with E-state index in [-0.39, 0.29) is 41.8 Å². The van der Waals surface area contributed by atoms with Crippen LogP contribution in [0.15, 0.2) is 35.2 Å². The van der Waals surface area contributed by atoms with E-state index in [9.17, 15) is 33.9 Å². The predicted molar refractivity (Wildman–Crippen MR) is 121 cm³/mol. The van der Waals surface area contributed by atoms with Crippen LogP contribution in [-0.4, -0.2) is 63.2 Å². The zero-order valence-corrected chi connectivity index (χ0v) is 19.3. The van der Waals surface area contributed by atoms with E-state index >= 15 is 0 Å². The summed E-state index contributed by atoms with van der Waals surface area (Å²) >= 11 is 0. The minimum absolute atomic E-state index is 0.112. The number of fused-ring (bicyclic) bond motifs is 5. The second-order valence-electron chi connectivity index (χ2n) is 9.02. The molecule has 0 heterocycles. The van der Waals surface area contributed by atoms with Gasteiger partial charge in [-0.1, -0.05) is 12.1 Å². The molecule has 4 N–H and O–H groups in total. The van der Waals surface area contributed by atoms with Crippen LogP contribution in [0.3, 0.4) is 0 Å². The molecule has 0 radical (unpaired) electrons. The maximum Gasteiger partial charge on any atom is 0.322 e. The molecule has 11 nitrogen and oxygen atoms in total. The molecular formula is C25H23NO10. The lowest BCUT2D eigenvalue weighted by molar-refractivity contribution is -0.156. The van der Waals surface area contributed by atoms with Gasteiger partial charge in [0.25, 0.3) is 0 Å². The molecule has 0 amide bonds. The predicted octanol–water partition coefficient (Wildman–Crippen LogP) is 1.39. The van der Waals surface area contributed by atoms with Crippen molar-refractivity contribution in [3.8, 4) is 0 Å². The summed E-state index contributed by atoms with van der Waals surface area (Å²) < 4.78 is 5.57. The van der Waals surface area contributed by atoms with Crippen LogP contribution in [0.1, 0.15) is 64.4 Å². The summed E-state index contributed by atoms with van der Waals surface area (Å²) in [5, 5.41) is 31.4. The largest absolute Gasteiger partial charge is 0.504 e. The number of esters is 1. The van der Waals surface area contributed by atoms with Gasteiger partial charge in [0, 0.05) is 41.3 Å². The van der Waals surface area contributed by atoms with Gasteiger partial charge in [-0.3, -0.25) is 28.8 Å². The number of ether oxygens (including phenoxy) is 1. The van der Waals surface area contributed by atoms with E-state index in [0.717, 1.165) is 6.20 Å². The van der Waals surface area contributed by atoms with E-state index in [1.165, 1.54) is 6.07 Å². The quantitative estimate of drug-likeness (QED) is 0.315. The van der Waals surface area contributed by atoms with Gasteiger partial charge in [0.15, 0.2) is 17.3 Å². The van der Waals surface area contributed by atoms with E-state index in [1.54, 1.807) is 13.0 Å². The number of benzene rings is 1. The summed E-state index contributed by atoms with van der Waals surface area (Å²) in [6.45, 7) is 1.05. The normalized spacial score (nSPS) is 23.8. The van der Waals surface area contributed by atoms with E-state index < -0.39 is 66.1 Å². The molecule has 188 valence electrons. The molecule has 2 atom stereocenters. The van der Waals surface area contributed by atoms with Gasteiger partial charge >= 0.3 is 17.9 Å². The topological polar surface area (TPSA) is 184 Å². The van der Waals surface area contributed by atoms with Crippen LogP contribution in [0.25, 0.3) is 0 Å². The third-order valence-corrected chi connectivity index (χ3v) is 6.87. The Morgan fingerprint density at radius 1 is 1.08 bits per heavy atom. The summed E-state index contributed by atoms with van der Waals surface area (Å²) in [6.07, 6.45) is -0.917. The standard InChI is InChI=1S/C25H23NO10/c1-25-14-4-2-11-12(3-5-15(11)27)21(14)23(34)24(35)22(25)13(9-26-10-19(31)32)16(28)8-17(25)36-20(33)7-6-18(29)30/h2,4,9,17,26,35H,3,5-8,10H2,1H3,(H,29,30)(H,31,32)/b13-9+/t17-,25+/m1/s1. The zero-order chi connectivity index (χ0) is 26.4. The lowest BCUT2D eigenvalue weighted by Gasteiger charge is -2.46. The van der Waals surface area contributed by atoms with E-state index in [4.69, 9.17) is 14.9 Å². The van der Waals surface area contributed by atoms with E-state index in [0.29, 0.717) is 16.7 Å². The lowest BCUT2D eigenvalue weighted by atomic mass is 9.58. The van der Waals surface area contributed by atoms with Crippen LogP contribution in [0.4, 0.5) is 0 Å². The highest BCUT2D eigenvalue weighted by Crippen LogP contribution is 2.52. The second kappa shape index (κ2) is 9.06. The molecule has 36 heavy (non-hydrogen) atoms. The van der Waals surface area contributed by atoms with Gasteiger partial charge < -0.3 is 25.4 Å². The van der Waals surface area contributed by atoms with Crippen molar-refractivity contribution >= 4 is 35.3 Å². The molecular weight excluding hydrogens is 474 g/mol. The monoisotopic (exact) mass is 497 g/mol. The Labute approximate surface area is 204 Å². The Hall–Kier alpha value is -4.28.